The van der Waals surface area contributed by atoms with E-state index in [4.69, 9.17) is 4.74 Å². The molecule has 1 aromatic carbocycles. The van der Waals surface area contributed by atoms with Crippen LogP contribution in [0.15, 0.2) is 29.2 Å². The average molecular weight is 431 g/mol. The van der Waals surface area contributed by atoms with E-state index in [1.54, 1.807) is 12.1 Å². The van der Waals surface area contributed by atoms with Crippen molar-refractivity contribution in [3.05, 3.63) is 24.3 Å². The molecular formula is C18H26N2O6S2. The Balaban J connectivity index is 1.95. The number of carboxylic acids is 1. The van der Waals surface area contributed by atoms with Crippen molar-refractivity contribution < 1.29 is 27.9 Å². The second-order valence-corrected chi connectivity index (χ2v) is 9.46. The van der Waals surface area contributed by atoms with Crippen LogP contribution in [0.25, 0.3) is 0 Å². The number of nitrogens with zero attached hydrogens (tertiary/aromatic N) is 1. The van der Waals surface area contributed by atoms with Gasteiger partial charge in [0, 0.05) is 19.0 Å². The Kier molecular flexibility index (Phi) is 8.14. The van der Waals surface area contributed by atoms with Crippen LogP contribution in [-0.2, 0) is 19.6 Å². The molecule has 1 aliphatic heterocycles. The summed E-state index contributed by atoms with van der Waals surface area (Å²) in [6, 6.07) is 5.26. The zero-order valence-electron chi connectivity index (χ0n) is 16.0. The molecule has 0 bridgehead atoms. The number of carbonyl (C=O) groups excluding carboxylic acids is 1. The minimum atomic E-state index is -3.64. The summed E-state index contributed by atoms with van der Waals surface area (Å²) >= 11 is 1.52. The Bertz CT molecular complexity index is 774. The van der Waals surface area contributed by atoms with E-state index in [0.717, 1.165) is 0 Å². The molecule has 0 aliphatic carbocycles. The van der Waals surface area contributed by atoms with Crippen molar-refractivity contribution in [3.63, 3.8) is 0 Å². The van der Waals surface area contributed by atoms with Gasteiger partial charge in [-0.1, -0.05) is 0 Å². The first kappa shape index (κ1) is 22.5. The summed E-state index contributed by atoms with van der Waals surface area (Å²) < 4.78 is 31.9. The van der Waals surface area contributed by atoms with E-state index >= 15 is 0 Å². The van der Waals surface area contributed by atoms with Crippen molar-refractivity contribution in [2.75, 3.05) is 32.2 Å². The fraction of sp³-hybridized carbons (Fsp3) is 0.556. The summed E-state index contributed by atoms with van der Waals surface area (Å²) in [5.41, 5.74) is 0. The first-order valence-electron chi connectivity index (χ1n) is 8.96. The molecule has 1 fully saturated rings. The lowest BCUT2D eigenvalue weighted by molar-refractivity contribution is -0.142. The normalized spacial score (nSPS) is 17.1. The second kappa shape index (κ2) is 10.1. The number of hydrogen-bond acceptors (Lipinski definition) is 6. The molecule has 1 unspecified atom stereocenters. The number of nitrogens with one attached hydrogen (secondary N) is 1. The zero-order chi connectivity index (χ0) is 20.7. The number of carboxylic acid groups (broad SMARTS) is 1. The second-order valence-electron chi connectivity index (χ2n) is 6.53. The average Bonchev–Trinajstić information content (AvgIpc) is 2.70. The van der Waals surface area contributed by atoms with Gasteiger partial charge in [-0.05, 0) is 55.5 Å². The highest BCUT2D eigenvalue weighted by molar-refractivity contribution is 7.98. The molecule has 156 valence electrons. The van der Waals surface area contributed by atoms with Crippen molar-refractivity contribution >= 4 is 33.7 Å². The SMILES string of the molecule is COc1ccc(S(=O)(=O)N2CCC(C(=O)NC(CCSC)C(=O)O)CC2)cc1. The highest BCUT2D eigenvalue weighted by Crippen LogP contribution is 2.25. The number of thioether (sulfide) groups is 1. The number of rotatable bonds is 9. The largest absolute Gasteiger partial charge is 0.497 e. The van der Waals surface area contributed by atoms with Crippen molar-refractivity contribution in [2.45, 2.75) is 30.2 Å². The fourth-order valence-electron chi connectivity index (χ4n) is 3.04. The molecule has 1 aliphatic rings. The number of ether oxygens (including phenoxy) is 1. The summed E-state index contributed by atoms with van der Waals surface area (Å²) in [5, 5.41) is 11.8. The van der Waals surface area contributed by atoms with E-state index in [-0.39, 0.29) is 23.9 Å². The third-order valence-electron chi connectivity index (χ3n) is 4.75. The van der Waals surface area contributed by atoms with E-state index in [1.165, 1.54) is 35.3 Å². The molecule has 28 heavy (non-hydrogen) atoms. The molecule has 1 aromatic rings. The molecule has 0 aromatic heterocycles. The van der Waals surface area contributed by atoms with Gasteiger partial charge in [0.05, 0.1) is 12.0 Å². The van der Waals surface area contributed by atoms with Crippen LogP contribution in [-0.4, -0.2) is 68.0 Å². The third kappa shape index (κ3) is 5.62. The maximum Gasteiger partial charge on any atom is 0.326 e. The Morgan fingerprint density at radius 3 is 2.39 bits per heavy atom. The Labute approximate surface area is 169 Å². The van der Waals surface area contributed by atoms with Crippen LogP contribution in [0.1, 0.15) is 19.3 Å². The van der Waals surface area contributed by atoms with Gasteiger partial charge in [-0.15, -0.1) is 0 Å². The van der Waals surface area contributed by atoms with E-state index < -0.39 is 28.0 Å². The first-order valence-corrected chi connectivity index (χ1v) is 11.8. The van der Waals surface area contributed by atoms with Gasteiger partial charge in [0.25, 0.3) is 0 Å². The van der Waals surface area contributed by atoms with Crippen LogP contribution in [0.4, 0.5) is 0 Å². The van der Waals surface area contributed by atoms with E-state index in [1.807, 2.05) is 6.26 Å². The maximum atomic E-state index is 12.8. The summed E-state index contributed by atoms with van der Waals surface area (Å²) in [6.07, 6.45) is 2.94. The lowest BCUT2D eigenvalue weighted by Crippen LogP contribution is -2.47. The zero-order valence-corrected chi connectivity index (χ0v) is 17.6. The van der Waals surface area contributed by atoms with E-state index in [2.05, 4.69) is 5.32 Å². The molecule has 0 spiro atoms. The molecule has 0 radical (unpaired) electrons. The molecule has 2 rings (SSSR count). The third-order valence-corrected chi connectivity index (χ3v) is 7.30. The molecule has 1 atom stereocenters. The molecule has 8 nitrogen and oxygen atoms in total. The minimum absolute atomic E-state index is 0.180. The van der Waals surface area contributed by atoms with Gasteiger partial charge in [0.1, 0.15) is 11.8 Å². The van der Waals surface area contributed by atoms with Crippen molar-refractivity contribution in [3.8, 4) is 5.75 Å². The lowest BCUT2D eigenvalue weighted by Gasteiger charge is -2.31. The van der Waals surface area contributed by atoms with Crippen molar-refractivity contribution in [1.82, 2.24) is 9.62 Å². The van der Waals surface area contributed by atoms with Gasteiger partial charge in [0.15, 0.2) is 0 Å². The highest BCUT2D eigenvalue weighted by atomic mass is 32.2. The number of carbonyl (C=O) groups is 2. The van der Waals surface area contributed by atoms with Crippen LogP contribution < -0.4 is 10.1 Å². The van der Waals surface area contributed by atoms with Crippen LogP contribution in [0.5, 0.6) is 5.75 Å². The molecule has 1 heterocycles. The molecule has 1 saturated heterocycles. The number of hydrogen-bond donors (Lipinski definition) is 2. The van der Waals surface area contributed by atoms with Gasteiger partial charge in [-0.25, -0.2) is 13.2 Å². The number of piperidine rings is 1. The summed E-state index contributed by atoms with van der Waals surface area (Å²) in [6.45, 7) is 0.435. The van der Waals surface area contributed by atoms with Crippen molar-refractivity contribution in [2.24, 2.45) is 5.92 Å². The first-order chi connectivity index (χ1) is 13.3. The predicted octanol–water partition coefficient (Wildman–Crippen LogP) is 1.42. The summed E-state index contributed by atoms with van der Waals surface area (Å²) in [4.78, 5) is 23.9. The van der Waals surface area contributed by atoms with Gasteiger partial charge in [-0.2, -0.15) is 16.1 Å². The van der Waals surface area contributed by atoms with Gasteiger partial charge >= 0.3 is 5.97 Å². The fourth-order valence-corrected chi connectivity index (χ4v) is 4.98. The lowest BCUT2D eigenvalue weighted by atomic mass is 9.96. The number of benzene rings is 1. The van der Waals surface area contributed by atoms with Crippen LogP contribution >= 0.6 is 11.8 Å². The topological polar surface area (TPSA) is 113 Å². The number of aliphatic carboxylic acids is 1. The van der Waals surface area contributed by atoms with Crippen LogP contribution in [0.3, 0.4) is 0 Å². The smallest absolute Gasteiger partial charge is 0.326 e. The number of amides is 1. The molecule has 1 amide bonds. The van der Waals surface area contributed by atoms with Crippen molar-refractivity contribution in [1.29, 1.82) is 0 Å². The number of sulfonamides is 1. The van der Waals surface area contributed by atoms with Gasteiger partial charge in [-0.3, -0.25) is 4.79 Å². The van der Waals surface area contributed by atoms with Gasteiger partial charge in [0.2, 0.25) is 15.9 Å². The van der Waals surface area contributed by atoms with Crippen LogP contribution in [0.2, 0.25) is 0 Å². The Hall–Kier alpha value is -1.78. The number of methoxy groups -OCH3 is 1. The quantitative estimate of drug-likeness (QED) is 0.609. The molecule has 0 saturated carbocycles. The monoisotopic (exact) mass is 430 g/mol. The summed E-state index contributed by atoms with van der Waals surface area (Å²) in [5.74, 6) is -0.561. The maximum absolute atomic E-state index is 12.8. The van der Waals surface area contributed by atoms with E-state index in [9.17, 15) is 23.1 Å². The molecule has 10 heteroatoms. The molecular weight excluding hydrogens is 404 g/mol. The predicted molar refractivity (Wildman–Crippen MR) is 107 cm³/mol. The highest BCUT2D eigenvalue weighted by Gasteiger charge is 2.33. The Morgan fingerprint density at radius 1 is 1.29 bits per heavy atom. The summed E-state index contributed by atoms with van der Waals surface area (Å²) in [7, 11) is -2.13. The molecule has 2 N–H and O–H groups in total. The van der Waals surface area contributed by atoms with Crippen LogP contribution in [0, 0.1) is 5.92 Å². The van der Waals surface area contributed by atoms with E-state index in [0.29, 0.717) is 30.8 Å². The minimum Gasteiger partial charge on any atom is -0.497 e. The standard InChI is InChI=1S/C18H26N2O6S2/c1-26-14-3-5-15(6-4-14)28(24,25)20-10-7-13(8-11-20)17(21)19-16(18(22)23)9-12-27-2/h3-6,13,16H,7-12H2,1-2H3,(H,19,21)(H,22,23). The Morgan fingerprint density at radius 2 is 1.89 bits per heavy atom. The van der Waals surface area contributed by atoms with Gasteiger partial charge < -0.3 is 15.2 Å².